The average molecular weight is 491 g/mol. The molecule has 0 unspecified atom stereocenters. The maximum atomic E-state index is 5.84. The highest BCUT2D eigenvalue weighted by Gasteiger charge is 2.09. The molecule has 0 aliphatic carbocycles. The molecule has 0 spiro atoms. The number of hydrogen-bond acceptors (Lipinski definition) is 6. The zero-order valence-corrected chi connectivity index (χ0v) is 21.2. The van der Waals surface area contributed by atoms with Crippen LogP contribution in [0.4, 0.5) is 0 Å². The fourth-order valence-corrected chi connectivity index (χ4v) is 3.89. The van der Waals surface area contributed by atoms with Gasteiger partial charge in [0.1, 0.15) is 0 Å². The van der Waals surface area contributed by atoms with Crippen LogP contribution in [0.5, 0.6) is 0 Å². The number of ether oxygens (including phenoxy) is 4. The van der Waals surface area contributed by atoms with Gasteiger partial charge in [-0.2, -0.15) is 0 Å². The molecule has 0 bridgehead atoms. The molecule has 3 rings (SSSR count). The van der Waals surface area contributed by atoms with Crippen molar-refractivity contribution in [3.05, 3.63) is 70.8 Å². The van der Waals surface area contributed by atoms with Gasteiger partial charge in [0.05, 0.1) is 52.9 Å². The smallest absolute Gasteiger partial charge is 0.0701 e. The first-order valence-corrected chi connectivity index (χ1v) is 12.6. The van der Waals surface area contributed by atoms with Crippen LogP contribution in [0.1, 0.15) is 22.3 Å². The lowest BCUT2D eigenvalue weighted by Crippen LogP contribution is -2.32. The quantitative estimate of drug-likeness (QED) is 0.614. The van der Waals surface area contributed by atoms with Gasteiger partial charge in [0.25, 0.3) is 0 Å². The van der Waals surface area contributed by atoms with Crippen LogP contribution in [-0.4, -0.2) is 88.8 Å². The molecule has 0 atom stereocenters. The van der Waals surface area contributed by atoms with Crippen molar-refractivity contribution >= 4 is 0 Å². The van der Waals surface area contributed by atoms with Crippen molar-refractivity contribution in [1.29, 1.82) is 0 Å². The van der Waals surface area contributed by atoms with Gasteiger partial charge in [-0.05, 0) is 35.4 Å². The molecular weight excluding hydrogens is 452 g/mol. The minimum Gasteiger partial charge on any atom is -0.378 e. The Labute approximate surface area is 216 Å². The molecule has 1 heterocycles. The first-order valence-electron chi connectivity index (χ1n) is 12.6. The molecule has 1 fully saturated rings. The molecule has 1 aliphatic heterocycles. The first-order chi connectivity index (χ1) is 17.8. The Morgan fingerprint density at radius 2 is 0.806 bits per heavy atom. The number of benzene rings is 2. The Balaban J connectivity index is 1.45. The molecule has 36 heavy (non-hydrogen) atoms. The van der Waals surface area contributed by atoms with E-state index in [-0.39, 0.29) is 0 Å². The van der Waals surface area contributed by atoms with Crippen LogP contribution >= 0.6 is 0 Å². The van der Waals surface area contributed by atoms with Crippen molar-refractivity contribution in [2.75, 3.05) is 79.0 Å². The predicted molar refractivity (Wildman–Crippen MR) is 143 cm³/mol. The van der Waals surface area contributed by atoms with Crippen LogP contribution in [-0.2, 0) is 32.0 Å². The minimum atomic E-state index is 0.581. The molecule has 2 aromatic rings. The maximum Gasteiger partial charge on any atom is 0.0701 e. The van der Waals surface area contributed by atoms with E-state index in [1.54, 1.807) is 0 Å². The molecule has 0 N–H and O–H groups in total. The van der Waals surface area contributed by atoms with Gasteiger partial charge in [-0.3, -0.25) is 9.80 Å². The topological polar surface area (TPSA) is 43.4 Å². The van der Waals surface area contributed by atoms with Crippen LogP contribution in [0.25, 0.3) is 0 Å². The van der Waals surface area contributed by atoms with Crippen LogP contribution in [0.15, 0.2) is 48.5 Å². The van der Waals surface area contributed by atoms with Gasteiger partial charge in [0.2, 0.25) is 0 Å². The van der Waals surface area contributed by atoms with Gasteiger partial charge in [0, 0.05) is 50.4 Å². The Morgan fingerprint density at radius 3 is 1.08 bits per heavy atom. The van der Waals surface area contributed by atoms with Crippen LogP contribution in [0, 0.1) is 24.7 Å². The normalized spacial score (nSPS) is 18.4. The van der Waals surface area contributed by atoms with Crippen molar-refractivity contribution in [2.45, 2.75) is 13.1 Å². The van der Waals surface area contributed by atoms with Gasteiger partial charge in [-0.15, -0.1) is 12.8 Å². The summed E-state index contributed by atoms with van der Waals surface area (Å²) >= 11 is 0. The fraction of sp³-hybridized carbons (Fsp3) is 0.467. The summed E-state index contributed by atoms with van der Waals surface area (Å²) in [7, 11) is 0. The maximum absolute atomic E-state index is 5.84. The second-order valence-electron chi connectivity index (χ2n) is 8.68. The van der Waals surface area contributed by atoms with E-state index in [1.807, 2.05) is 24.3 Å². The van der Waals surface area contributed by atoms with Crippen molar-refractivity contribution in [3.8, 4) is 24.7 Å². The lowest BCUT2D eigenvalue weighted by atomic mass is 10.1. The van der Waals surface area contributed by atoms with Crippen molar-refractivity contribution in [3.63, 3.8) is 0 Å². The minimum absolute atomic E-state index is 0.581. The molecule has 2 aromatic carbocycles. The summed E-state index contributed by atoms with van der Waals surface area (Å²) < 4.78 is 23.4. The zero-order valence-electron chi connectivity index (χ0n) is 21.2. The number of rotatable bonds is 4. The van der Waals surface area contributed by atoms with Crippen molar-refractivity contribution in [2.24, 2.45) is 0 Å². The van der Waals surface area contributed by atoms with Crippen LogP contribution in [0.2, 0.25) is 0 Å². The monoisotopic (exact) mass is 490 g/mol. The molecule has 1 saturated heterocycles. The van der Waals surface area contributed by atoms with E-state index in [0.717, 1.165) is 50.4 Å². The summed E-state index contributed by atoms with van der Waals surface area (Å²) in [5.74, 6) is 5.33. The van der Waals surface area contributed by atoms with Crippen molar-refractivity contribution < 1.29 is 18.9 Å². The van der Waals surface area contributed by atoms with Gasteiger partial charge in [0.15, 0.2) is 0 Å². The summed E-state index contributed by atoms with van der Waals surface area (Å²) in [6, 6.07) is 16.3. The van der Waals surface area contributed by atoms with E-state index < -0.39 is 0 Å². The van der Waals surface area contributed by atoms with E-state index in [1.165, 1.54) is 11.1 Å². The molecule has 0 amide bonds. The number of hydrogen-bond donors (Lipinski definition) is 0. The van der Waals surface area contributed by atoms with E-state index in [0.29, 0.717) is 52.9 Å². The second kappa shape index (κ2) is 16.9. The summed E-state index contributed by atoms with van der Waals surface area (Å²) in [6.45, 7) is 9.86. The van der Waals surface area contributed by atoms with Crippen LogP contribution < -0.4 is 0 Å². The molecule has 0 radical (unpaired) electrons. The Bertz CT molecular complexity index is 847. The van der Waals surface area contributed by atoms with Gasteiger partial charge >= 0.3 is 0 Å². The number of nitrogens with zero attached hydrogens (tertiary/aromatic N) is 2. The first kappa shape index (κ1) is 27.9. The Kier molecular flexibility index (Phi) is 13.1. The number of terminal acetylenes is 2. The molecule has 6 nitrogen and oxygen atoms in total. The Hall–Kier alpha value is -2.68. The van der Waals surface area contributed by atoms with Gasteiger partial charge in [-0.1, -0.05) is 36.1 Å². The third kappa shape index (κ3) is 10.9. The van der Waals surface area contributed by atoms with Crippen molar-refractivity contribution in [1.82, 2.24) is 9.80 Å². The third-order valence-electron chi connectivity index (χ3n) is 6.00. The summed E-state index contributed by atoms with van der Waals surface area (Å²) in [6.07, 6.45) is 10.9. The van der Waals surface area contributed by atoms with E-state index >= 15 is 0 Å². The molecule has 6 heteroatoms. The summed E-state index contributed by atoms with van der Waals surface area (Å²) in [5, 5.41) is 0. The molecule has 192 valence electrons. The lowest BCUT2D eigenvalue weighted by molar-refractivity contribution is 0.00624. The van der Waals surface area contributed by atoms with Crippen LogP contribution in [0.3, 0.4) is 0 Å². The molecule has 0 aromatic heterocycles. The molecule has 0 saturated carbocycles. The summed E-state index contributed by atoms with van der Waals surface area (Å²) in [4.78, 5) is 4.67. The lowest BCUT2D eigenvalue weighted by Gasteiger charge is -2.24. The molecular formula is C30H38N2O4. The van der Waals surface area contributed by atoms with E-state index in [9.17, 15) is 0 Å². The average Bonchev–Trinajstić information content (AvgIpc) is 2.91. The Morgan fingerprint density at radius 1 is 0.500 bits per heavy atom. The highest BCUT2D eigenvalue weighted by atomic mass is 16.5. The van der Waals surface area contributed by atoms with Gasteiger partial charge < -0.3 is 18.9 Å². The van der Waals surface area contributed by atoms with E-state index in [2.05, 4.69) is 45.9 Å². The third-order valence-corrected chi connectivity index (χ3v) is 6.00. The highest BCUT2D eigenvalue weighted by Crippen LogP contribution is 2.09. The SMILES string of the molecule is C#Cc1ccc(CN2CCOCCOCCN(Cc3ccc(C#C)cc3)CCOCCOCC2)cc1. The second-order valence-corrected chi connectivity index (χ2v) is 8.68. The highest BCUT2D eigenvalue weighted by molar-refractivity contribution is 5.34. The predicted octanol–water partition coefficient (Wildman–Crippen LogP) is 3.03. The largest absolute Gasteiger partial charge is 0.378 e. The fourth-order valence-electron chi connectivity index (χ4n) is 3.89. The van der Waals surface area contributed by atoms with E-state index in [4.69, 9.17) is 31.8 Å². The standard InChI is InChI=1S/C30H38N2O4/c1-3-27-5-9-29(10-6-27)25-31-13-17-33-21-23-35-19-15-32(16-20-36-24-22-34-18-14-31)26-30-11-7-28(4-2)8-12-30/h1-2,5-12H,13-26H2. The zero-order chi connectivity index (χ0) is 25.3. The van der Waals surface area contributed by atoms with Gasteiger partial charge in [-0.25, -0.2) is 0 Å². The summed E-state index contributed by atoms with van der Waals surface area (Å²) in [5.41, 5.74) is 4.23. The molecule has 1 aliphatic rings.